The second-order valence-corrected chi connectivity index (χ2v) is 7.67. The largest absolute Gasteiger partial charge is 0.490 e. The van der Waals surface area contributed by atoms with Crippen LogP contribution in [0, 0.1) is 6.92 Å². The van der Waals surface area contributed by atoms with Gasteiger partial charge in [0, 0.05) is 49.3 Å². The highest BCUT2D eigenvalue weighted by Crippen LogP contribution is 2.25. The molecule has 1 aliphatic heterocycles. The predicted molar refractivity (Wildman–Crippen MR) is 116 cm³/mol. The van der Waals surface area contributed by atoms with E-state index in [9.17, 15) is 0 Å². The summed E-state index contributed by atoms with van der Waals surface area (Å²) in [5, 5.41) is 4.82. The van der Waals surface area contributed by atoms with E-state index in [2.05, 4.69) is 64.4 Å². The Bertz CT molecular complexity index is 912. The average Bonchev–Trinajstić information content (AvgIpc) is 3.13. The second-order valence-electron chi connectivity index (χ2n) is 7.67. The van der Waals surface area contributed by atoms with Crippen LogP contribution in [0.15, 0.2) is 48.5 Å². The lowest BCUT2D eigenvalue weighted by atomic mass is 10.1. The van der Waals surface area contributed by atoms with Crippen molar-refractivity contribution in [1.82, 2.24) is 14.8 Å². The Balaban J connectivity index is 1.34. The molecule has 1 aliphatic rings. The Hall–Kier alpha value is -2.50. The quantitative estimate of drug-likeness (QED) is 0.658. The normalized spacial score (nSPS) is 15.8. The molecule has 2 aromatic carbocycles. The molecule has 2 heterocycles. The number of hydrogen-bond acceptors (Lipinski definition) is 4. The van der Waals surface area contributed by atoms with Crippen LogP contribution in [0.3, 0.4) is 0 Å². The van der Waals surface area contributed by atoms with E-state index in [-0.39, 0.29) is 0 Å². The third kappa shape index (κ3) is 4.49. The Morgan fingerprint density at radius 1 is 1.04 bits per heavy atom. The Labute approximate surface area is 167 Å². The Kier molecular flexibility index (Phi) is 5.84. The molecule has 0 amide bonds. The monoisotopic (exact) mass is 378 g/mol. The first-order chi connectivity index (χ1) is 13.7. The fraction of sp³-hybridized carbons (Fsp3) is 0.391. The summed E-state index contributed by atoms with van der Waals surface area (Å²) in [7, 11) is 2.18. The third-order valence-electron chi connectivity index (χ3n) is 5.56. The molecule has 28 heavy (non-hydrogen) atoms. The number of rotatable bonds is 7. The van der Waals surface area contributed by atoms with Crippen LogP contribution in [-0.4, -0.2) is 61.2 Å². The van der Waals surface area contributed by atoms with E-state index in [1.165, 1.54) is 22.2 Å². The molecule has 0 radical (unpaired) electrons. The van der Waals surface area contributed by atoms with Crippen LogP contribution in [0.1, 0.15) is 11.3 Å². The average molecular weight is 379 g/mol. The summed E-state index contributed by atoms with van der Waals surface area (Å²) in [5.74, 6) is 0.920. The van der Waals surface area contributed by atoms with Crippen LogP contribution in [0.5, 0.6) is 5.75 Å². The van der Waals surface area contributed by atoms with Crippen molar-refractivity contribution in [3.63, 3.8) is 0 Å². The minimum Gasteiger partial charge on any atom is -0.490 e. The first kappa shape index (κ1) is 18.8. The van der Waals surface area contributed by atoms with E-state index in [0.717, 1.165) is 50.7 Å². The van der Waals surface area contributed by atoms with Gasteiger partial charge in [0.05, 0.1) is 12.2 Å². The van der Waals surface area contributed by atoms with Gasteiger partial charge >= 0.3 is 0 Å². The van der Waals surface area contributed by atoms with Crippen LogP contribution in [-0.2, 0) is 6.54 Å². The maximum absolute atomic E-state index is 6.11. The van der Waals surface area contributed by atoms with Gasteiger partial charge in [0.25, 0.3) is 0 Å². The van der Waals surface area contributed by atoms with Crippen molar-refractivity contribution in [3.05, 3.63) is 59.8 Å². The number of fused-ring (bicyclic) bond motifs is 1. The number of aromatic nitrogens is 1. The van der Waals surface area contributed by atoms with E-state index in [0.29, 0.717) is 6.61 Å². The maximum atomic E-state index is 6.11. The van der Waals surface area contributed by atoms with Crippen molar-refractivity contribution in [3.8, 4) is 5.75 Å². The summed E-state index contributed by atoms with van der Waals surface area (Å²) in [6.45, 7) is 9.12. The van der Waals surface area contributed by atoms with Crippen LogP contribution in [0.25, 0.3) is 10.9 Å². The zero-order valence-corrected chi connectivity index (χ0v) is 16.9. The predicted octanol–water partition coefficient (Wildman–Crippen LogP) is 3.71. The number of benzene rings is 2. The molecule has 0 atom stereocenters. The molecule has 1 fully saturated rings. The zero-order valence-electron chi connectivity index (χ0n) is 16.9. The molecular weight excluding hydrogens is 348 g/mol. The standard InChI is InChI=1S/C23H30N4O/c1-18-6-5-8-21-20(18)16-19(25-21)17-24-22-7-3-4-9-23(22)28-15-14-27-12-10-26(2)11-13-27/h3-9,16,24-25H,10-15,17H2,1-2H3. The van der Waals surface area contributed by atoms with E-state index in [1.807, 2.05) is 18.2 Å². The smallest absolute Gasteiger partial charge is 0.142 e. The molecule has 0 bridgehead atoms. The van der Waals surface area contributed by atoms with Crippen LogP contribution in [0.4, 0.5) is 5.69 Å². The number of nitrogens with zero attached hydrogens (tertiary/aromatic N) is 2. The van der Waals surface area contributed by atoms with Crippen LogP contribution >= 0.6 is 0 Å². The van der Waals surface area contributed by atoms with Crippen molar-refractivity contribution < 1.29 is 4.74 Å². The number of nitrogens with one attached hydrogen (secondary N) is 2. The third-order valence-corrected chi connectivity index (χ3v) is 5.56. The Morgan fingerprint density at radius 2 is 1.86 bits per heavy atom. The summed E-state index contributed by atoms with van der Waals surface area (Å²) >= 11 is 0. The lowest BCUT2D eigenvalue weighted by Crippen LogP contribution is -2.45. The van der Waals surface area contributed by atoms with Crippen molar-refractivity contribution in [2.24, 2.45) is 0 Å². The Morgan fingerprint density at radius 3 is 2.68 bits per heavy atom. The van der Waals surface area contributed by atoms with Crippen molar-refractivity contribution in [2.45, 2.75) is 13.5 Å². The summed E-state index contributed by atoms with van der Waals surface area (Å²) in [4.78, 5) is 8.35. The SMILES string of the molecule is Cc1cccc2[nH]c(CNc3ccccc3OCCN3CCN(C)CC3)cc12. The molecule has 0 aliphatic carbocycles. The molecule has 0 unspecified atom stereocenters. The summed E-state index contributed by atoms with van der Waals surface area (Å²) in [5.41, 5.74) is 4.70. The molecule has 4 rings (SSSR count). The van der Waals surface area contributed by atoms with Gasteiger partial charge in [0.15, 0.2) is 0 Å². The lowest BCUT2D eigenvalue weighted by molar-refractivity contribution is 0.134. The zero-order chi connectivity index (χ0) is 19.3. The highest BCUT2D eigenvalue weighted by molar-refractivity contribution is 5.83. The molecule has 0 spiro atoms. The van der Waals surface area contributed by atoms with E-state index in [4.69, 9.17) is 4.74 Å². The van der Waals surface area contributed by atoms with Gasteiger partial charge in [-0.15, -0.1) is 0 Å². The minimum atomic E-state index is 0.716. The number of hydrogen-bond donors (Lipinski definition) is 2. The summed E-state index contributed by atoms with van der Waals surface area (Å²) < 4.78 is 6.11. The van der Waals surface area contributed by atoms with E-state index >= 15 is 0 Å². The van der Waals surface area contributed by atoms with Crippen molar-refractivity contribution in [1.29, 1.82) is 0 Å². The van der Waals surface area contributed by atoms with Gasteiger partial charge in [-0.1, -0.05) is 24.3 Å². The fourth-order valence-corrected chi connectivity index (χ4v) is 3.74. The number of piperazine rings is 1. The number of aromatic amines is 1. The molecule has 5 nitrogen and oxygen atoms in total. The van der Waals surface area contributed by atoms with Crippen LogP contribution < -0.4 is 10.1 Å². The first-order valence-electron chi connectivity index (χ1n) is 10.1. The molecule has 5 heteroatoms. The highest BCUT2D eigenvalue weighted by atomic mass is 16.5. The van der Waals surface area contributed by atoms with Crippen LogP contribution in [0.2, 0.25) is 0 Å². The molecule has 1 saturated heterocycles. The van der Waals surface area contributed by atoms with E-state index < -0.39 is 0 Å². The molecule has 3 aromatic rings. The number of H-pyrrole nitrogens is 1. The number of ether oxygens (including phenoxy) is 1. The lowest BCUT2D eigenvalue weighted by Gasteiger charge is -2.32. The number of para-hydroxylation sites is 2. The number of anilines is 1. The van der Waals surface area contributed by atoms with E-state index in [1.54, 1.807) is 0 Å². The minimum absolute atomic E-state index is 0.716. The van der Waals surface area contributed by atoms with Gasteiger partial charge in [0.2, 0.25) is 0 Å². The topological polar surface area (TPSA) is 43.5 Å². The van der Waals surface area contributed by atoms with Crippen molar-refractivity contribution in [2.75, 3.05) is 51.7 Å². The summed E-state index contributed by atoms with van der Waals surface area (Å²) in [6, 6.07) is 16.8. The molecular formula is C23H30N4O. The fourth-order valence-electron chi connectivity index (χ4n) is 3.74. The number of aryl methyl sites for hydroxylation is 1. The molecule has 2 N–H and O–H groups in total. The number of likely N-dealkylation sites (N-methyl/N-ethyl adjacent to an activating group) is 1. The maximum Gasteiger partial charge on any atom is 0.142 e. The molecule has 1 aromatic heterocycles. The van der Waals surface area contributed by atoms with Gasteiger partial charge in [0.1, 0.15) is 12.4 Å². The van der Waals surface area contributed by atoms with Gasteiger partial charge in [-0.3, -0.25) is 4.90 Å². The van der Waals surface area contributed by atoms with Gasteiger partial charge < -0.3 is 19.9 Å². The van der Waals surface area contributed by atoms with Crippen molar-refractivity contribution >= 4 is 16.6 Å². The molecule has 148 valence electrons. The van der Waals surface area contributed by atoms with Gasteiger partial charge in [-0.05, 0) is 43.8 Å². The second kappa shape index (κ2) is 8.67. The van der Waals surface area contributed by atoms with Gasteiger partial charge in [-0.2, -0.15) is 0 Å². The first-order valence-corrected chi connectivity index (χ1v) is 10.1. The summed E-state index contributed by atoms with van der Waals surface area (Å²) in [6.07, 6.45) is 0. The highest BCUT2D eigenvalue weighted by Gasteiger charge is 2.13. The van der Waals surface area contributed by atoms with Gasteiger partial charge in [-0.25, -0.2) is 0 Å². The molecule has 0 saturated carbocycles.